The lowest BCUT2D eigenvalue weighted by Gasteiger charge is -2.53. The number of ether oxygens (including phenoxy) is 2. The van der Waals surface area contributed by atoms with E-state index < -0.39 is 51.6 Å². The lowest BCUT2D eigenvalue weighted by molar-refractivity contribution is -0.260. The second-order valence-electron chi connectivity index (χ2n) is 12.3. The third kappa shape index (κ3) is 7.99. The lowest BCUT2D eigenvalue weighted by atomic mass is 9.49. The molecule has 3 atom stereocenters. The first kappa shape index (κ1) is 36.5. The summed E-state index contributed by atoms with van der Waals surface area (Å²) in [5.41, 5.74) is -1.08. The minimum atomic E-state index is -6.57. The van der Waals surface area contributed by atoms with Gasteiger partial charge in [0.2, 0.25) is 0 Å². The summed E-state index contributed by atoms with van der Waals surface area (Å²) in [6.07, 6.45) is -8.54. The van der Waals surface area contributed by atoms with E-state index in [2.05, 4.69) is 100 Å². The Balaban J connectivity index is 0.000000211. The SMILES string of the molecule is O=C(COC(=O)C12CC3CC(C1)C(=O)C(C3)C2)OC(C(F)(F)F)C(F)(F)S(=O)(=O)O.c1ccc([S+](c2ccccc2)c2ccccc2)cc1. The fraction of sp³-hybridized carbons (Fsp3) is 0.382. The second kappa shape index (κ2) is 14.2. The van der Waals surface area contributed by atoms with Gasteiger partial charge in [0.15, 0.2) is 21.3 Å². The average molecular weight is 728 g/mol. The lowest BCUT2D eigenvalue weighted by Crippen LogP contribution is -2.55. The van der Waals surface area contributed by atoms with Crippen LogP contribution in [0.3, 0.4) is 0 Å². The first-order valence-corrected chi connectivity index (χ1v) is 17.9. The topological polar surface area (TPSA) is 124 Å². The standard InChI is InChI=1S/C18H15S.C16H17F5O8S/c1-4-10-16(11-5-1)19(17-12-6-2-7-13-17)18-14-8-3-9-15-18;17-15(18,19)12(16(20,21)30(25,26)27)29-10(22)6-28-13(24)14-3-7-1-8(4-14)11(23)9(2-7)5-14/h1-15H;7-9,12H,1-6H2,(H,25,26,27)/q+1;. The largest absolute Gasteiger partial charge is 0.453 e. The predicted molar refractivity (Wildman–Crippen MR) is 166 cm³/mol. The number of alkyl halides is 5. The Morgan fingerprint density at radius 2 is 1.22 bits per heavy atom. The quantitative estimate of drug-likeness (QED) is 0.112. The predicted octanol–water partition coefficient (Wildman–Crippen LogP) is 6.66. The molecule has 49 heavy (non-hydrogen) atoms. The van der Waals surface area contributed by atoms with Gasteiger partial charge in [0, 0.05) is 11.8 Å². The molecule has 4 aliphatic carbocycles. The molecule has 0 aliphatic heterocycles. The highest BCUT2D eigenvalue weighted by atomic mass is 32.2. The summed E-state index contributed by atoms with van der Waals surface area (Å²) in [7, 11) is -6.58. The Bertz CT molecular complexity index is 1640. The zero-order valence-electron chi connectivity index (χ0n) is 25.7. The van der Waals surface area contributed by atoms with E-state index in [9.17, 15) is 44.8 Å². The van der Waals surface area contributed by atoms with E-state index in [4.69, 9.17) is 4.55 Å². The summed E-state index contributed by atoms with van der Waals surface area (Å²) >= 11 is 0. The monoisotopic (exact) mass is 727 g/mol. The van der Waals surface area contributed by atoms with Crippen LogP contribution in [0.4, 0.5) is 22.0 Å². The van der Waals surface area contributed by atoms with Crippen LogP contribution in [0.5, 0.6) is 0 Å². The van der Waals surface area contributed by atoms with E-state index >= 15 is 0 Å². The summed E-state index contributed by atoms with van der Waals surface area (Å²) in [4.78, 5) is 40.3. The highest BCUT2D eigenvalue weighted by Crippen LogP contribution is 2.59. The molecule has 0 aromatic heterocycles. The fourth-order valence-corrected chi connectivity index (χ4v) is 9.54. The van der Waals surface area contributed by atoms with Crippen LogP contribution in [0.2, 0.25) is 0 Å². The maximum atomic E-state index is 13.4. The Morgan fingerprint density at radius 1 is 0.796 bits per heavy atom. The molecule has 7 rings (SSSR count). The second-order valence-corrected chi connectivity index (χ2v) is 15.8. The zero-order valence-corrected chi connectivity index (χ0v) is 27.4. The first-order valence-electron chi connectivity index (χ1n) is 15.2. The molecular weight excluding hydrogens is 695 g/mol. The molecule has 4 saturated carbocycles. The van der Waals surface area contributed by atoms with E-state index in [1.807, 2.05) is 0 Å². The van der Waals surface area contributed by atoms with Crippen LogP contribution >= 0.6 is 0 Å². The number of rotatable bonds is 9. The number of benzene rings is 3. The van der Waals surface area contributed by atoms with Crippen LogP contribution < -0.4 is 0 Å². The average Bonchev–Trinajstić information content (AvgIpc) is 3.05. The summed E-state index contributed by atoms with van der Waals surface area (Å²) in [5, 5.41) is -5.87. The molecule has 15 heteroatoms. The molecule has 0 radical (unpaired) electrons. The summed E-state index contributed by atoms with van der Waals surface area (Å²) in [6, 6.07) is 32.2. The molecule has 3 unspecified atom stereocenters. The van der Waals surface area contributed by atoms with Crippen LogP contribution in [0.1, 0.15) is 32.1 Å². The van der Waals surface area contributed by atoms with Gasteiger partial charge in [-0.05, 0) is 74.4 Å². The number of hydrogen-bond donors (Lipinski definition) is 1. The summed E-state index contributed by atoms with van der Waals surface area (Å²) in [5.74, 6) is -3.54. The highest BCUT2D eigenvalue weighted by Gasteiger charge is 2.66. The van der Waals surface area contributed by atoms with Gasteiger partial charge in [-0.2, -0.15) is 30.4 Å². The van der Waals surface area contributed by atoms with Crippen molar-refractivity contribution in [3.63, 3.8) is 0 Å². The summed E-state index contributed by atoms with van der Waals surface area (Å²) in [6.45, 7) is -1.47. The van der Waals surface area contributed by atoms with Crippen molar-refractivity contribution < 1.29 is 58.8 Å². The van der Waals surface area contributed by atoms with Crippen molar-refractivity contribution in [1.29, 1.82) is 0 Å². The number of esters is 2. The van der Waals surface area contributed by atoms with Gasteiger partial charge in [-0.15, -0.1) is 0 Å². The number of carbonyl (C=O) groups excluding carboxylic acids is 3. The Morgan fingerprint density at radius 3 is 1.61 bits per heavy atom. The highest BCUT2D eigenvalue weighted by molar-refractivity contribution is 7.97. The molecule has 0 spiro atoms. The van der Waals surface area contributed by atoms with Crippen LogP contribution in [0.15, 0.2) is 106 Å². The van der Waals surface area contributed by atoms with Crippen molar-refractivity contribution in [2.75, 3.05) is 6.61 Å². The fourth-order valence-electron chi connectivity index (χ4n) is 6.98. The number of halogens is 5. The minimum Gasteiger partial charge on any atom is -0.453 e. The molecule has 4 fully saturated rings. The first-order chi connectivity index (χ1) is 23.0. The number of ketones is 1. The van der Waals surface area contributed by atoms with Gasteiger partial charge in [0.25, 0.3) is 6.10 Å². The smallest absolute Gasteiger partial charge is 0.432 e. The molecule has 0 saturated heterocycles. The molecule has 8 nitrogen and oxygen atoms in total. The van der Waals surface area contributed by atoms with Gasteiger partial charge in [-0.3, -0.25) is 14.1 Å². The van der Waals surface area contributed by atoms with E-state index in [-0.39, 0.29) is 47.3 Å². The molecular formula is C34H32F5O8S2+. The van der Waals surface area contributed by atoms with E-state index in [0.717, 1.165) is 0 Å². The number of Topliss-reactive ketones (excluding diaryl/α,β-unsaturated/α-hetero) is 1. The van der Waals surface area contributed by atoms with E-state index in [1.54, 1.807) is 0 Å². The van der Waals surface area contributed by atoms with Gasteiger partial charge < -0.3 is 9.47 Å². The Kier molecular flexibility index (Phi) is 10.6. The van der Waals surface area contributed by atoms with Crippen LogP contribution in [0, 0.1) is 23.2 Å². The van der Waals surface area contributed by atoms with Crippen molar-refractivity contribution in [3.05, 3.63) is 91.0 Å². The number of hydrogen-bond acceptors (Lipinski definition) is 7. The third-order valence-electron chi connectivity index (χ3n) is 8.88. The summed E-state index contributed by atoms with van der Waals surface area (Å²) < 4.78 is 103. The van der Waals surface area contributed by atoms with Gasteiger partial charge in [0.1, 0.15) is 5.78 Å². The molecule has 3 aromatic rings. The minimum absolute atomic E-state index is 0.0146. The molecule has 3 aromatic carbocycles. The van der Waals surface area contributed by atoms with E-state index in [0.29, 0.717) is 19.3 Å². The Labute approximate surface area is 282 Å². The van der Waals surface area contributed by atoms with Crippen molar-refractivity contribution >= 4 is 38.7 Å². The van der Waals surface area contributed by atoms with E-state index in [1.165, 1.54) is 14.7 Å². The van der Waals surface area contributed by atoms with Gasteiger partial charge in [-0.25, -0.2) is 4.79 Å². The van der Waals surface area contributed by atoms with Gasteiger partial charge >= 0.3 is 33.5 Å². The van der Waals surface area contributed by atoms with Crippen molar-refractivity contribution in [2.24, 2.45) is 23.2 Å². The molecule has 262 valence electrons. The molecule has 1 N–H and O–H groups in total. The Hall–Kier alpha value is -3.82. The van der Waals surface area contributed by atoms with Gasteiger partial charge in [-0.1, -0.05) is 54.6 Å². The molecule has 0 heterocycles. The zero-order chi connectivity index (χ0) is 35.6. The number of carbonyl (C=O) groups is 3. The van der Waals surface area contributed by atoms with Crippen LogP contribution in [-0.2, 0) is 44.9 Å². The van der Waals surface area contributed by atoms with Gasteiger partial charge in [0.05, 0.1) is 16.3 Å². The van der Waals surface area contributed by atoms with Crippen molar-refractivity contribution in [3.8, 4) is 0 Å². The van der Waals surface area contributed by atoms with Crippen molar-refractivity contribution in [2.45, 2.75) is 64.3 Å². The third-order valence-corrected chi connectivity index (χ3v) is 12.0. The van der Waals surface area contributed by atoms with Crippen molar-refractivity contribution in [1.82, 2.24) is 0 Å². The molecule has 0 amide bonds. The van der Waals surface area contributed by atoms with Crippen LogP contribution in [-0.4, -0.2) is 54.8 Å². The normalized spacial score (nSPS) is 23.7. The molecule has 4 aliphatic rings. The maximum Gasteiger partial charge on any atom is 0.432 e. The van der Waals surface area contributed by atoms with Crippen LogP contribution in [0.25, 0.3) is 0 Å². The molecule has 4 bridgehead atoms. The maximum absolute atomic E-state index is 13.4.